The van der Waals surface area contributed by atoms with Gasteiger partial charge in [0.25, 0.3) is 0 Å². The van der Waals surface area contributed by atoms with Gasteiger partial charge in [0.15, 0.2) is 0 Å². The highest BCUT2D eigenvalue weighted by Gasteiger charge is 2.27. The molecule has 0 aliphatic carbocycles. The molecule has 1 aliphatic heterocycles. The van der Waals surface area contributed by atoms with E-state index in [1.165, 1.54) is 0 Å². The van der Waals surface area contributed by atoms with E-state index in [-0.39, 0.29) is 0 Å². The molecule has 0 spiro atoms. The Morgan fingerprint density at radius 1 is 1.47 bits per heavy atom. The van der Waals surface area contributed by atoms with Gasteiger partial charge in [0, 0.05) is 12.6 Å². The van der Waals surface area contributed by atoms with Gasteiger partial charge in [-0.2, -0.15) is 13.2 Å². The van der Waals surface area contributed by atoms with Crippen molar-refractivity contribution in [2.45, 2.75) is 31.5 Å². The van der Waals surface area contributed by atoms with Gasteiger partial charge in [-0.15, -0.1) is 0 Å². The van der Waals surface area contributed by atoms with Crippen molar-refractivity contribution >= 4 is 5.91 Å². The predicted molar refractivity (Wildman–Crippen MR) is 55.5 cm³/mol. The van der Waals surface area contributed by atoms with Crippen LogP contribution in [0.3, 0.4) is 0 Å². The number of carbonyl (C=O) groups excluding carboxylic acids is 1. The van der Waals surface area contributed by atoms with Crippen molar-refractivity contribution < 1.29 is 22.7 Å². The van der Waals surface area contributed by atoms with Crippen LogP contribution in [-0.2, 0) is 9.53 Å². The number of amides is 1. The van der Waals surface area contributed by atoms with E-state index in [1.807, 2.05) is 0 Å². The summed E-state index contributed by atoms with van der Waals surface area (Å²) < 4.78 is 39.3. The minimum absolute atomic E-state index is 0.409. The van der Waals surface area contributed by atoms with E-state index in [9.17, 15) is 18.0 Å². The van der Waals surface area contributed by atoms with Crippen molar-refractivity contribution in [1.82, 2.24) is 10.6 Å². The largest absolute Gasteiger partial charge is 0.411 e. The Labute approximate surface area is 97.9 Å². The molecule has 1 rings (SSSR count). The summed E-state index contributed by atoms with van der Waals surface area (Å²) in [6.45, 7) is -0.471. The molecule has 1 saturated heterocycles. The van der Waals surface area contributed by atoms with Crippen LogP contribution in [0.2, 0.25) is 0 Å². The van der Waals surface area contributed by atoms with E-state index in [1.54, 1.807) is 0 Å². The minimum atomic E-state index is -4.38. The Balaban J connectivity index is 1.97. The van der Waals surface area contributed by atoms with E-state index in [2.05, 4.69) is 15.4 Å². The number of ether oxygens (including phenoxy) is 1. The molecule has 0 aromatic carbocycles. The SMILES string of the molecule is O=C(COCC(F)(F)F)NCCC1CCCN1. The number of carbonyl (C=O) groups is 1. The van der Waals surface area contributed by atoms with Crippen molar-refractivity contribution in [1.29, 1.82) is 0 Å². The second-order valence-corrected chi connectivity index (χ2v) is 4.04. The Morgan fingerprint density at radius 3 is 2.82 bits per heavy atom. The maximum Gasteiger partial charge on any atom is 0.411 e. The van der Waals surface area contributed by atoms with Gasteiger partial charge in [-0.1, -0.05) is 0 Å². The number of halogens is 3. The van der Waals surface area contributed by atoms with E-state index in [0.29, 0.717) is 12.6 Å². The second-order valence-electron chi connectivity index (χ2n) is 4.04. The number of hydrogen-bond acceptors (Lipinski definition) is 3. The molecule has 1 amide bonds. The monoisotopic (exact) mass is 254 g/mol. The highest BCUT2D eigenvalue weighted by molar-refractivity contribution is 5.77. The predicted octanol–water partition coefficient (Wildman–Crippen LogP) is 0.824. The average molecular weight is 254 g/mol. The molecule has 1 aliphatic rings. The minimum Gasteiger partial charge on any atom is -0.362 e. The smallest absolute Gasteiger partial charge is 0.362 e. The third-order valence-corrected chi connectivity index (χ3v) is 2.48. The fourth-order valence-electron chi connectivity index (χ4n) is 1.70. The summed E-state index contributed by atoms with van der Waals surface area (Å²) in [5.74, 6) is -0.507. The lowest BCUT2D eigenvalue weighted by Crippen LogP contribution is -2.33. The van der Waals surface area contributed by atoms with Gasteiger partial charge in [0.05, 0.1) is 0 Å². The topological polar surface area (TPSA) is 50.4 Å². The molecule has 0 bridgehead atoms. The molecule has 100 valence electrons. The number of rotatable bonds is 6. The fraction of sp³-hybridized carbons (Fsp3) is 0.900. The average Bonchev–Trinajstić information content (AvgIpc) is 2.68. The van der Waals surface area contributed by atoms with Crippen LogP contribution in [0.1, 0.15) is 19.3 Å². The molecule has 7 heteroatoms. The maximum absolute atomic E-state index is 11.7. The van der Waals surface area contributed by atoms with Crippen molar-refractivity contribution in [2.24, 2.45) is 0 Å². The second kappa shape index (κ2) is 6.80. The van der Waals surface area contributed by atoms with Crippen LogP contribution in [-0.4, -0.2) is 44.4 Å². The maximum atomic E-state index is 11.7. The number of alkyl halides is 3. The molecular weight excluding hydrogens is 237 g/mol. The van der Waals surface area contributed by atoms with Crippen molar-refractivity contribution in [3.8, 4) is 0 Å². The van der Waals surface area contributed by atoms with Crippen LogP contribution in [0.5, 0.6) is 0 Å². The van der Waals surface area contributed by atoms with Gasteiger partial charge >= 0.3 is 6.18 Å². The van der Waals surface area contributed by atoms with Gasteiger partial charge in [-0.25, -0.2) is 0 Å². The molecule has 17 heavy (non-hydrogen) atoms. The lowest BCUT2D eigenvalue weighted by atomic mass is 10.1. The molecule has 0 aromatic heterocycles. The molecule has 1 unspecified atom stereocenters. The Morgan fingerprint density at radius 2 is 2.24 bits per heavy atom. The summed E-state index contributed by atoms with van der Waals surface area (Å²) in [6.07, 6.45) is -1.37. The summed E-state index contributed by atoms with van der Waals surface area (Å²) >= 11 is 0. The first-order valence-corrected chi connectivity index (χ1v) is 5.62. The molecular formula is C10H17F3N2O2. The van der Waals surface area contributed by atoms with Gasteiger partial charge in [0.1, 0.15) is 13.2 Å². The lowest BCUT2D eigenvalue weighted by molar-refractivity contribution is -0.175. The van der Waals surface area contributed by atoms with Gasteiger partial charge in [-0.05, 0) is 25.8 Å². The van der Waals surface area contributed by atoms with E-state index in [0.717, 1.165) is 25.8 Å². The third-order valence-electron chi connectivity index (χ3n) is 2.48. The lowest BCUT2D eigenvalue weighted by Gasteiger charge is -2.11. The van der Waals surface area contributed by atoms with Crippen molar-refractivity contribution in [2.75, 3.05) is 26.3 Å². The van der Waals surface area contributed by atoms with Gasteiger partial charge in [-0.3, -0.25) is 4.79 Å². The first-order valence-electron chi connectivity index (χ1n) is 5.62. The summed E-state index contributed by atoms with van der Waals surface area (Å²) in [7, 11) is 0. The van der Waals surface area contributed by atoms with Crippen LogP contribution in [0.15, 0.2) is 0 Å². The molecule has 1 heterocycles. The molecule has 0 radical (unpaired) electrons. The first-order chi connectivity index (χ1) is 7.97. The highest BCUT2D eigenvalue weighted by Crippen LogP contribution is 2.14. The van der Waals surface area contributed by atoms with Crippen LogP contribution in [0.25, 0.3) is 0 Å². The molecule has 2 N–H and O–H groups in total. The zero-order valence-electron chi connectivity index (χ0n) is 9.48. The molecule has 1 fully saturated rings. The third kappa shape index (κ3) is 7.17. The van der Waals surface area contributed by atoms with Gasteiger partial charge in [0.2, 0.25) is 5.91 Å². The Bertz CT molecular complexity index is 240. The molecule has 0 saturated carbocycles. The fourth-order valence-corrected chi connectivity index (χ4v) is 1.70. The van der Waals surface area contributed by atoms with E-state index >= 15 is 0 Å². The van der Waals surface area contributed by atoms with Crippen molar-refractivity contribution in [3.05, 3.63) is 0 Å². The zero-order chi connectivity index (χ0) is 12.7. The molecule has 1 atom stereocenters. The normalized spacial score (nSPS) is 20.5. The molecule has 0 aromatic rings. The standard InChI is InChI=1S/C10H17F3N2O2/c11-10(12,13)7-17-6-9(16)15-5-3-8-2-1-4-14-8/h8,14H,1-7H2,(H,15,16). The summed E-state index contributed by atoms with van der Waals surface area (Å²) in [5, 5.41) is 5.79. The highest BCUT2D eigenvalue weighted by atomic mass is 19.4. The number of nitrogens with one attached hydrogen (secondary N) is 2. The molecule has 4 nitrogen and oxygen atoms in total. The summed E-state index contributed by atoms with van der Waals surface area (Å²) in [4.78, 5) is 11.1. The van der Waals surface area contributed by atoms with Crippen LogP contribution in [0, 0.1) is 0 Å². The van der Waals surface area contributed by atoms with Crippen LogP contribution < -0.4 is 10.6 Å². The van der Waals surface area contributed by atoms with Crippen molar-refractivity contribution in [3.63, 3.8) is 0 Å². The Kier molecular flexibility index (Phi) is 5.70. The Hall–Kier alpha value is -0.820. The van der Waals surface area contributed by atoms with Crippen LogP contribution in [0.4, 0.5) is 13.2 Å². The van der Waals surface area contributed by atoms with E-state index in [4.69, 9.17) is 0 Å². The summed E-state index contributed by atoms with van der Waals surface area (Å²) in [6, 6.07) is 0.409. The van der Waals surface area contributed by atoms with Crippen LogP contribution >= 0.6 is 0 Å². The number of hydrogen-bond donors (Lipinski definition) is 2. The quantitative estimate of drug-likeness (QED) is 0.738. The first kappa shape index (κ1) is 14.2. The zero-order valence-corrected chi connectivity index (χ0v) is 9.48. The van der Waals surface area contributed by atoms with E-state index < -0.39 is 25.3 Å². The van der Waals surface area contributed by atoms with Gasteiger partial charge < -0.3 is 15.4 Å². The summed E-state index contributed by atoms with van der Waals surface area (Å²) in [5.41, 5.74) is 0.